The molecule has 2 aromatic carbocycles. The number of hydrogen-bond acceptors (Lipinski definition) is 2. The van der Waals surface area contributed by atoms with Crippen LogP contribution in [0.15, 0.2) is 54.6 Å². The van der Waals surface area contributed by atoms with Crippen molar-refractivity contribution in [1.29, 1.82) is 0 Å². The fourth-order valence-corrected chi connectivity index (χ4v) is 2.62. The summed E-state index contributed by atoms with van der Waals surface area (Å²) in [5.74, 6) is 0.234. The highest BCUT2D eigenvalue weighted by Crippen LogP contribution is 2.36. The van der Waals surface area contributed by atoms with Crippen LogP contribution < -0.4 is 4.90 Å². The summed E-state index contributed by atoms with van der Waals surface area (Å²) in [5, 5.41) is 0. The zero-order chi connectivity index (χ0) is 12.5. The van der Waals surface area contributed by atoms with E-state index in [9.17, 15) is 4.79 Å². The molecule has 0 N–H and O–H groups in total. The summed E-state index contributed by atoms with van der Waals surface area (Å²) < 4.78 is 0. The monoisotopic (exact) mass is 237 g/mol. The third kappa shape index (κ3) is 1.70. The van der Waals surface area contributed by atoms with E-state index < -0.39 is 0 Å². The lowest BCUT2D eigenvalue weighted by molar-refractivity contribution is 0.0967. The molecule has 1 atom stereocenters. The summed E-state index contributed by atoms with van der Waals surface area (Å²) in [4.78, 5) is 14.4. The van der Waals surface area contributed by atoms with E-state index in [1.165, 1.54) is 5.56 Å². The van der Waals surface area contributed by atoms with Crippen molar-refractivity contribution in [2.45, 2.75) is 12.5 Å². The van der Waals surface area contributed by atoms with Crippen LogP contribution in [0.4, 0.5) is 5.69 Å². The van der Waals surface area contributed by atoms with E-state index in [4.69, 9.17) is 0 Å². The predicted molar refractivity (Wildman–Crippen MR) is 73.0 cm³/mol. The SMILES string of the molecule is CN1c2ccccc2C(=O)CC1c1ccccc1. The molecule has 1 heterocycles. The van der Waals surface area contributed by atoms with E-state index in [0.717, 1.165) is 11.3 Å². The van der Waals surface area contributed by atoms with Crippen LogP contribution in [-0.2, 0) is 0 Å². The summed E-state index contributed by atoms with van der Waals surface area (Å²) in [5.41, 5.74) is 3.07. The third-order valence-corrected chi connectivity index (χ3v) is 3.62. The molecule has 0 bridgehead atoms. The summed E-state index contributed by atoms with van der Waals surface area (Å²) >= 11 is 0. The van der Waals surface area contributed by atoms with Crippen molar-refractivity contribution in [1.82, 2.24) is 0 Å². The molecular weight excluding hydrogens is 222 g/mol. The molecule has 0 spiro atoms. The summed E-state index contributed by atoms with van der Waals surface area (Å²) in [6.45, 7) is 0. The number of carbonyl (C=O) groups is 1. The number of carbonyl (C=O) groups excluding carboxylic acids is 1. The van der Waals surface area contributed by atoms with Gasteiger partial charge in [-0.1, -0.05) is 42.5 Å². The number of hydrogen-bond donors (Lipinski definition) is 0. The Morgan fingerprint density at radius 2 is 1.67 bits per heavy atom. The summed E-state index contributed by atoms with van der Waals surface area (Å²) in [7, 11) is 2.06. The van der Waals surface area contributed by atoms with Crippen molar-refractivity contribution >= 4 is 11.5 Å². The molecule has 0 fully saturated rings. The molecule has 0 aromatic heterocycles. The van der Waals surface area contributed by atoms with Crippen molar-refractivity contribution < 1.29 is 4.79 Å². The second-order valence-electron chi connectivity index (χ2n) is 4.68. The minimum atomic E-state index is 0.147. The Balaban J connectivity index is 2.05. The maximum atomic E-state index is 12.2. The molecule has 0 amide bonds. The van der Waals surface area contributed by atoms with Crippen LogP contribution in [0.25, 0.3) is 0 Å². The van der Waals surface area contributed by atoms with Crippen LogP contribution in [0.1, 0.15) is 28.4 Å². The van der Waals surface area contributed by atoms with E-state index in [0.29, 0.717) is 6.42 Å². The van der Waals surface area contributed by atoms with Gasteiger partial charge in [0, 0.05) is 24.7 Å². The van der Waals surface area contributed by atoms with Gasteiger partial charge in [-0.25, -0.2) is 0 Å². The van der Waals surface area contributed by atoms with Crippen molar-refractivity contribution in [3.63, 3.8) is 0 Å². The average Bonchev–Trinajstić information content (AvgIpc) is 2.44. The molecule has 2 nitrogen and oxygen atoms in total. The van der Waals surface area contributed by atoms with Gasteiger partial charge in [0.2, 0.25) is 0 Å². The van der Waals surface area contributed by atoms with E-state index >= 15 is 0 Å². The summed E-state index contributed by atoms with van der Waals surface area (Å²) in [6.07, 6.45) is 0.553. The zero-order valence-electron chi connectivity index (χ0n) is 10.3. The van der Waals surface area contributed by atoms with Crippen molar-refractivity contribution in [3.05, 3.63) is 65.7 Å². The van der Waals surface area contributed by atoms with Gasteiger partial charge in [0.15, 0.2) is 5.78 Å². The number of Topliss-reactive ketones (excluding diaryl/α,β-unsaturated/α-hetero) is 1. The first-order chi connectivity index (χ1) is 8.77. The van der Waals surface area contributed by atoms with Crippen molar-refractivity contribution in [2.75, 3.05) is 11.9 Å². The van der Waals surface area contributed by atoms with Gasteiger partial charge in [-0.2, -0.15) is 0 Å². The molecule has 1 aliphatic heterocycles. The Morgan fingerprint density at radius 1 is 1.00 bits per heavy atom. The number of anilines is 1. The van der Waals surface area contributed by atoms with Crippen molar-refractivity contribution in [2.24, 2.45) is 0 Å². The smallest absolute Gasteiger partial charge is 0.167 e. The standard InChI is InChI=1S/C16H15NO/c1-17-14-10-6-5-9-13(14)16(18)11-15(17)12-7-3-2-4-8-12/h2-10,15H,11H2,1H3. The molecule has 0 aliphatic carbocycles. The van der Waals surface area contributed by atoms with Gasteiger partial charge in [0.1, 0.15) is 0 Å². The van der Waals surface area contributed by atoms with E-state index in [1.54, 1.807) is 0 Å². The van der Waals surface area contributed by atoms with Crippen LogP contribution in [0.5, 0.6) is 0 Å². The highest BCUT2D eigenvalue weighted by Gasteiger charge is 2.29. The van der Waals surface area contributed by atoms with E-state index in [2.05, 4.69) is 24.1 Å². The molecule has 3 rings (SSSR count). The number of benzene rings is 2. The first-order valence-electron chi connectivity index (χ1n) is 6.17. The number of ketones is 1. The second kappa shape index (κ2) is 4.30. The molecule has 90 valence electrons. The lowest BCUT2D eigenvalue weighted by Crippen LogP contribution is -2.32. The van der Waals surface area contributed by atoms with Gasteiger partial charge < -0.3 is 4.90 Å². The second-order valence-corrected chi connectivity index (χ2v) is 4.68. The normalized spacial score (nSPS) is 18.6. The molecule has 0 saturated heterocycles. The molecule has 1 aliphatic rings. The van der Waals surface area contributed by atoms with Gasteiger partial charge in [0.25, 0.3) is 0 Å². The minimum Gasteiger partial charge on any atom is -0.367 e. The molecule has 0 saturated carbocycles. The largest absolute Gasteiger partial charge is 0.367 e. The quantitative estimate of drug-likeness (QED) is 0.757. The fourth-order valence-electron chi connectivity index (χ4n) is 2.62. The zero-order valence-corrected chi connectivity index (χ0v) is 10.3. The van der Waals surface area contributed by atoms with Crippen LogP contribution in [-0.4, -0.2) is 12.8 Å². The first kappa shape index (κ1) is 11.0. The number of rotatable bonds is 1. The Hall–Kier alpha value is -2.09. The van der Waals surface area contributed by atoms with Crippen LogP contribution in [0.2, 0.25) is 0 Å². The van der Waals surface area contributed by atoms with E-state index in [-0.39, 0.29) is 11.8 Å². The Kier molecular flexibility index (Phi) is 2.63. The molecular formula is C16H15NO. The molecule has 0 radical (unpaired) electrons. The average molecular weight is 237 g/mol. The number of fused-ring (bicyclic) bond motifs is 1. The molecule has 2 aromatic rings. The van der Waals surface area contributed by atoms with Crippen LogP contribution in [0.3, 0.4) is 0 Å². The van der Waals surface area contributed by atoms with Gasteiger partial charge in [0.05, 0.1) is 6.04 Å². The number of nitrogens with zero attached hydrogens (tertiary/aromatic N) is 1. The van der Waals surface area contributed by atoms with E-state index in [1.807, 2.05) is 42.5 Å². The van der Waals surface area contributed by atoms with Gasteiger partial charge >= 0.3 is 0 Å². The Morgan fingerprint density at radius 3 is 2.44 bits per heavy atom. The van der Waals surface area contributed by atoms with Gasteiger partial charge in [-0.05, 0) is 17.7 Å². The first-order valence-corrected chi connectivity index (χ1v) is 6.17. The molecule has 1 unspecified atom stereocenters. The third-order valence-electron chi connectivity index (χ3n) is 3.62. The predicted octanol–water partition coefficient (Wildman–Crippen LogP) is 3.45. The maximum Gasteiger partial charge on any atom is 0.167 e. The maximum absolute atomic E-state index is 12.2. The van der Waals surface area contributed by atoms with Crippen molar-refractivity contribution in [3.8, 4) is 0 Å². The number of para-hydroxylation sites is 1. The molecule has 18 heavy (non-hydrogen) atoms. The lowest BCUT2D eigenvalue weighted by Gasteiger charge is -2.35. The van der Waals surface area contributed by atoms with Crippen LogP contribution >= 0.6 is 0 Å². The minimum absolute atomic E-state index is 0.147. The fraction of sp³-hybridized carbons (Fsp3) is 0.188. The van der Waals surface area contributed by atoms with Gasteiger partial charge in [-0.3, -0.25) is 4.79 Å². The lowest BCUT2D eigenvalue weighted by atomic mass is 9.91. The highest BCUT2D eigenvalue weighted by molar-refractivity contribution is 6.03. The summed E-state index contributed by atoms with van der Waals surface area (Å²) in [6, 6.07) is 18.2. The highest BCUT2D eigenvalue weighted by atomic mass is 16.1. The Bertz CT molecular complexity index is 577. The molecule has 2 heteroatoms. The Labute approximate surface area is 107 Å². The van der Waals surface area contributed by atoms with Crippen LogP contribution in [0, 0.1) is 0 Å². The van der Waals surface area contributed by atoms with Gasteiger partial charge in [-0.15, -0.1) is 0 Å². The topological polar surface area (TPSA) is 20.3 Å².